The predicted molar refractivity (Wildman–Crippen MR) is 148 cm³/mol. The Morgan fingerprint density at radius 3 is 2.00 bits per heavy atom. The van der Waals surface area contributed by atoms with Crippen molar-refractivity contribution in [2.24, 2.45) is 0 Å². The third-order valence-electron chi connectivity index (χ3n) is 6.94. The van der Waals surface area contributed by atoms with E-state index in [1.807, 2.05) is 0 Å². The van der Waals surface area contributed by atoms with Crippen LogP contribution in [0, 0.1) is 0 Å². The van der Waals surface area contributed by atoms with Crippen molar-refractivity contribution in [3.05, 3.63) is 114 Å². The molecule has 1 fully saturated rings. The van der Waals surface area contributed by atoms with Gasteiger partial charge in [-0.2, -0.15) is 21.6 Å². The van der Waals surface area contributed by atoms with Crippen LogP contribution in [-0.2, 0) is 33.4 Å². The number of alkyl halides is 3. The molecule has 0 spiro atoms. The van der Waals surface area contributed by atoms with E-state index in [0.717, 1.165) is 4.90 Å². The van der Waals surface area contributed by atoms with Gasteiger partial charge in [-0.15, -0.1) is 0 Å². The summed E-state index contributed by atoms with van der Waals surface area (Å²) in [6, 6.07) is 23.2. The fourth-order valence-corrected chi connectivity index (χ4v) is 5.43. The summed E-state index contributed by atoms with van der Waals surface area (Å²) < 4.78 is 79.1. The minimum atomic E-state index is -6.19. The molecular weight excluding hydrogens is 605 g/mol. The molecule has 0 bridgehead atoms. The number of esters is 1. The van der Waals surface area contributed by atoms with Gasteiger partial charge in [0.2, 0.25) is 0 Å². The molecule has 230 valence electrons. The standard InChI is InChI=1S/C30H25F3N2O8S/c31-30(32,33)44(39,40)43-23-17-16-22-25(34-24(36)18-41-21-14-8-3-9-15-21)28(37)35(22)26(23)29(38)42-27(19-10-4-1-5-11-19)20-12-6-2-7-13-20/h1-15,22,25,27H,16-18H2,(H,34,36). The van der Waals surface area contributed by atoms with Crippen LogP contribution in [-0.4, -0.2) is 55.3 Å². The van der Waals surface area contributed by atoms with Crippen molar-refractivity contribution in [3.63, 3.8) is 0 Å². The number of benzene rings is 3. The van der Waals surface area contributed by atoms with Gasteiger partial charge in [-0.05, 0) is 29.7 Å². The summed E-state index contributed by atoms with van der Waals surface area (Å²) in [7, 11) is -6.19. The molecule has 2 amide bonds. The molecule has 0 aliphatic carbocycles. The smallest absolute Gasteiger partial charge is 0.484 e. The fraction of sp³-hybridized carbons (Fsp3) is 0.233. The lowest BCUT2D eigenvalue weighted by Crippen LogP contribution is -2.72. The van der Waals surface area contributed by atoms with E-state index >= 15 is 0 Å². The van der Waals surface area contributed by atoms with Gasteiger partial charge in [0.05, 0.1) is 6.04 Å². The minimum absolute atomic E-state index is 0.115. The zero-order valence-electron chi connectivity index (χ0n) is 22.8. The molecule has 2 unspecified atom stereocenters. The molecule has 1 saturated heterocycles. The summed E-state index contributed by atoms with van der Waals surface area (Å²) in [5.74, 6) is -3.29. The van der Waals surface area contributed by atoms with Crippen LogP contribution < -0.4 is 10.1 Å². The maximum absolute atomic E-state index is 13.7. The molecule has 0 radical (unpaired) electrons. The second kappa shape index (κ2) is 12.4. The van der Waals surface area contributed by atoms with Crippen molar-refractivity contribution in [2.75, 3.05) is 6.61 Å². The van der Waals surface area contributed by atoms with Crippen LogP contribution in [0.3, 0.4) is 0 Å². The number of rotatable bonds is 10. The highest BCUT2D eigenvalue weighted by molar-refractivity contribution is 7.87. The van der Waals surface area contributed by atoms with Gasteiger partial charge in [-0.1, -0.05) is 78.9 Å². The van der Waals surface area contributed by atoms with Gasteiger partial charge in [0.15, 0.2) is 24.2 Å². The normalized spacial score (nSPS) is 18.3. The molecule has 0 aromatic heterocycles. The number of hydrogen-bond acceptors (Lipinski definition) is 8. The molecule has 2 heterocycles. The van der Waals surface area contributed by atoms with Crippen molar-refractivity contribution in [1.82, 2.24) is 10.2 Å². The Bertz CT molecular complexity index is 1630. The first-order chi connectivity index (χ1) is 21.0. The Labute approximate surface area is 250 Å². The van der Waals surface area contributed by atoms with Crippen LogP contribution >= 0.6 is 0 Å². The van der Waals surface area contributed by atoms with Crippen LogP contribution in [0.1, 0.15) is 30.1 Å². The number of fused-ring (bicyclic) bond motifs is 1. The molecule has 10 nitrogen and oxygen atoms in total. The van der Waals surface area contributed by atoms with Crippen LogP contribution in [0.15, 0.2) is 102 Å². The summed E-state index contributed by atoms with van der Waals surface area (Å²) in [5, 5.41) is 2.51. The number of para-hydroxylation sites is 1. The molecular formula is C30H25F3N2O8S. The van der Waals surface area contributed by atoms with Crippen LogP contribution in [0.5, 0.6) is 5.75 Å². The third-order valence-corrected chi connectivity index (χ3v) is 7.93. The number of halogens is 3. The highest BCUT2D eigenvalue weighted by atomic mass is 32.2. The summed E-state index contributed by atoms with van der Waals surface area (Å²) in [6.45, 7) is -0.431. The first kappa shape index (κ1) is 30.6. The van der Waals surface area contributed by atoms with Gasteiger partial charge >= 0.3 is 21.6 Å². The molecule has 14 heteroatoms. The molecule has 3 aromatic rings. The Balaban J connectivity index is 1.42. The predicted octanol–water partition coefficient (Wildman–Crippen LogP) is 3.97. The largest absolute Gasteiger partial charge is 0.534 e. The first-order valence-electron chi connectivity index (χ1n) is 13.3. The van der Waals surface area contributed by atoms with Gasteiger partial charge < -0.3 is 19.0 Å². The molecule has 2 aliphatic heterocycles. The molecule has 2 aliphatic rings. The Hall–Kier alpha value is -4.85. The zero-order valence-corrected chi connectivity index (χ0v) is 23.6. The van der Waals surface area contributed by atoms with Crippen molar-refractivity contribution in [2.45, 2.75) is 36.5 Å². The van der Waals surface area contributed by atoms with E-state index in [1.54, 1.807) is 91.0 Å². The first-order valence-corrected chi connectivity index (χ1v) is 14.7. The molecule has 44 heavy (non-hydrogen) atoms. The van der Waals surface area contributed by atoms with Crippen molar-refractivity contribution in [1.29, 1.82) is 0 Å². The number of amides is 2. The maximum Gasteiger partial charge on any atom is 0.534 e. The average molecular weight is 631 g/mol. The zero-order chi connectivity index (χ0) is 31.5. The number of allylic oxidation sites excluding steroid dienone is 1. The van der Waals surface area contributed by atoms with Gasteiger partial charge in [0.25, 0.3) is 11.8 Å². The lowest BCUT2D eigenvalue weighted by atomic mass is 9.85. The van der Waals surface area contributed by atoms with Crippen LogP contribution in [0.2, 0.25) is 0 Å². The number of nitrogens with one attached hydrogen (secondary N) is 1. The highest BCUT2D eigenvalue weighted by Crippen LogP contribution is 2.41. The maximum atomic E-state index is 13.7. The van der Waals surface area contributed by atoms with Crippen molar-refractivity contribution < 1.29 is 49.6 Å². The summed E-state index contributed by atoms with van der Waals surface area (Å²) in [5.41, 5.74) is -5.58. The van der Waals surface area contributed by atoms with E-state index in [9.17, 15) is 36.0 Å². The number of nitrogens with zero attached hydrogens (tertiary/aromatic N) is 1. The number of β-lactam (4-membered cyclic amide) rings is 1. The monoisotopic (exact) mass is 630 g/mol. The number of hydrogen-bond donors (Lipinski definition) is 1. The summed E-state index contributed by atoms with van der Waals surface area (Å²) in [6.07, 6.45) is -1.65. The molecule has 1 N–H and O–H groups in total. The lowest BCUT2D eigenvalue weighted by Gasteiger charge is -2.49. The average Bonchev–Trinajstić information content (AvgIpc) is 3.01. The molecule has 3 aromatic carbocycles. The second-order valence-corrected chi connectivity index (χ2v) is 11.4. The van der Waals surface area contributed by atoms with E-state index in [1.165, 1.54) is 0 Å². The van der Waals surface area contributed by atoms with E-state index in [4.69, 9.17) is 9.47 Å². The van der Waals surface area contributed by atoms with E-state index in [0.29, 0.717) is 16.9 Å². The van der Waals surface area contributed by atoms with Gasteiger partial charge in [0.1, 0.15) is 11.8 Å². The molecule has 0 saturated carbocycles. The minimum Gasteiger partial charge on any atom is -0.484 e. The summed E-state index contributed by atoms with van der Waals surface area (Å²) in [4.78, 5) is 40.3. The van der Waals surface area contributed by atoms with Gasteiger partial charge in [0, 0.05) is 6.42 Å². The third kappa shape index (κ3) is 6.39. The van der Waals surface area contributed by atoms with Gasteiger partial charge in [-0.25, -0.2) is 4.79 Å². The molecule has 2 atom stereocenters. The van der Waals surface area contributed by atoms with Crippen LogP contribution in [0.4, 0.5) is 13.2 Å². The SMILES string of the molecule is O=C(COc1ccccc1)NC1C(=O)N2C(C(=O)OC(c3ccccc3)c3ccccc3)=C(OS(=O)(=O)C(F)(F)F)CCC12. The summed E-state index contributed by atoms with van der Waals surface area (Å²) >= 11 is 0. The van der Waals surface area contributed by atoms with E-state index < -0.39 is 76.1 Å². The number of ether oxygens (including phenoxy) is 2. The van der Waals surface area contributed by atoms with Crippen molar-refractivity contribution >= 4 is 27.9 Å². The Morgan fingerprint density at radius 2 is 1.45 bits per heavy atom. The van der Waals surface area contributed by atoms with E-state index in [-0.39, 0.29) is 6.42 Å². The van der Waals surface area contributed by atoms with Crippen LogP contribution in [0.25, 0.3) is 0 Å². The topological polar surface area (TPSA) is 128 Å². The fourth-order valence-electron chi connectivity index (χ4n) is 4.91. The van der Waals surface area contributed by atoms with Crippen molar-refractivity contribution in [3.8, 4) is 5.75 Å². The van der Waals surface area contributed by atoms with Gasteiger partial charge in [-0.3, -0.25) is 14.5 Å². The lowest BCUT2D eigenvalue weighted by molar-refractivity contribution is -0.160. The number of carbonyl (C=O) groups excluding carboxylic acids is 3. The van der Waals surface area contributed by atoms with E-state index in [2.05, 4.69) is 9.50 Å². The quantitative estimate of drug-likeness (QED) is 0.154. The Kier molecular flexibility index (Phi) is 8.63. The molecule has 5 rings (SSSR count). The second-order valence-electron chi connectivity index (χ2n) is 9.82. The Morgan fingerprint density at radius 1 is 0.909 bits per heavy atom. The highest BCUT2D eigenvalue weighted by Gasteiger charge is 2.56. The number of carbonyl (C=O) groups is 3.